The van der Waals surface area contributed by atoms with Crippen LogP contribution in [-0.2, 0) is 10.0 Å². The molecule has 0 amide bonds. The Kier molecular flexibility index (Phi) is 5.54. The highest BCUT2D eigenvalue weighted by molar-refractivity contribution is 7.92. The van der Waals surface area contributed by atoms with Gasteiger partial charge < -0.3 is 10.2 Å². The van der Waals surface area contributed by atoms with Gasteiger partial charge in [0.1, 0.15) is 0 Å². The molecule has 0 fully saturated rings. The van der Waals surface area contributed by atoms with Crippen LogP contribution >= 0.6 is 0 Å². The van der Waals surface area contributed by atoms with Gasteiger partial charge >= 0.3 is 0 Å². The van der Waals surface area contributed by atoms with Gasteiger partial charge in [0.2, 0.25) is 0 Å². The minimum absolute atomic E-state index is 0.168. The molecule has 2 N–H and O–H groups in total. The maximum atomic E-state index is 12.7. The van der Waals surface area contributed by atoms with Crippen molar-refractivity contribution in [2.75, 3.05) is 29.0 Å². The Labute approximate surface area is 180 Å². The van der Waals surface area contributed by atoms with Gasteiger partial charge in [-0.2, -0.15) is 10.2 Å². The van der Waals surface area contributed by atoms with E-state index in [4.69, 9.17) is 0 Å². The zero-order chi connectivity index (χ0) is 21.8. The van der Waals surface area contributed by atoms with E-state index in [0.717, 1.165) is 17.1 Å². The molecule has 2 aromatic carbocycles. The number of hydrogen-bond donors (Lipinski definition) is 2. The Balaban J connectivity index is 1.45. The second kappa shape index (κ2) is 8.44. The van der Waals surface area contributed by atoms with E-state index < -0.39 is 10.0 Å². The van der Waals surface area contributed by atoms with Crippen LogP contribution in [0, 0.1) is 0 Å². The zero-order valence-electron chi connectivity index (χ0n) is 17.0. The van der Waals surface area contributed by atoms with Gasteiger partial charge in [-0.3, -0.25) is 4.72 Å². The number of anilines is 4. The number of aromatic nitrogens is 4. The smallest absolute Gasteiger partial charge is 0.261 e. The molecule has 0 saturated heterocycles. The first kappa shape index (κ1) is 20.4. The lowest BCUT2D eigenvalue weighted by molar-refractivity contribution is 0.601. The van der Waals surface area contributed by atoms with E-state index in [1.54, 1.807) is 77.9 Å². The van der Waals surface area contributed by atoms with Crippen molar-refractivity contribution in [1.29, 1.82) is 0 Å². The molecule has 0 aliphatic heterocycles. The molecule has 31 heavy (non-hydrogen) atoms. The molecule has 10 heteroatoms. The minimum Gasteiger partial charge on any atom is -0.376 e. The molecule has 0 saturated carbocycles. The van der Waals surface area contributed by atoms with E-state index in [2.05, 4.69) is 25.3 Å². The van der Waals surface area contributed by atoms with E-state index >= 15 is 0 Å². The summed E-state index contributed by atoms with van der Waals surface area (Å²) in [6, 6.07) is 17.1. The first-order chi connectivity index (χ1) is 14.9. The van der Waals surface area contributed by atoms with Crippen LogP contribution < -0.4 is 14.9 Å². The third kappa shape index (κ3) is 4.81. The van der Waals surface area contributed by atoms with Crippen molar-refractivity contribution in [3.05, 3.63) is 79.3 Å². The quantitative estimate of drug-likeness (QED) is 0.459. The molecular weight excluding hydrogens is 414 g/mol. The summed E-state index contributed by atoms with van der Waals surface area (Å²) in [5.41, 5.74) is 2.91. The number of nitrogens with one attached hydrogen (secondary N) is 2. The van der Waals surface area contributed by atoms with E-state index in [9.17, 15) is 8.42 Å². The van der Waals surface area contributed by atoms with Crippen LogP contribution in [0.2, 0.25) is 0 Å². The molecule has 9 nitrogen and oxygen atoms in total. The summed E-state index contributed by atoms with van der Waals surface area (Å²) in [7, 11) is 0.133. The summed E-state index contributed by atoms with van der Waals surface area (Å²) in [6.07, 6.45) is 5.13. The van der Waals surface area contributed by atoms with Crippen molar-refractivity contribution in [3.63, 3.8) is 0 Å². The molecule has 2 heterocycles. The Morgan fingerprint density at radius 2 is 1.68 bits per heavy atom. The normalized spacial score (nSPS) is 11.2. The first-order valence-corrected chi connectivity index (χ1v) is 10.9. The minimum atomic E-state index is -3.71. The molecule has 0 spiro atoms. The molecular formula is C21H21N7O2S. The van der Waals surface area contributed by atoms with Crippen LogP contribution in [0.25, 0.3) is 5.69 Å². The van der Waals surface area contributed by atoms with Crippen molar-refractivity contribution in [3.8, 4) is 5.69 Å². The predicted octanol–water partition coefficient (Wildman–Crippen LogP) is 3.27. The molecule has 4 aromatic rings. The monoisotopic (exact) mass is 435 g/mol. The molecule has 158 valence electrons. The predicted molar refractivity (Wildman–Crippen MR) is 120 cm³/mol. The Morgan fingerprint density at radius 1 is 0.968 bits per heavy atom. The Bertz CT molecular complexity index is 1250. The van der Waals surface area contributed by atoms with Crippen LogP contribution in [0.1, 0.15) is 0 Å². The second-order valence-electron chi connectivity index (χ2n) is 6.95. The average Bonchev–Trinajstić information content (AvgIpc) is 3.30. The van der Waals surface area contributed by atoms with Gasteiger partial charge in [0, 0.05) is 43.9 Å². The fourth-order valence-electron chi connectivity index (χ4n) is 2.85. The highest BCUT2D eigenvalue weighted by atomic mass is 32.2. The number of sulfonamides is 1. The lowest BCUT2D eigenvalue weighted by Gasteiger charge is -2.13. The zero-order valence-corrected chi connectivity index (χ0v) is 17.8. The fourth-order valence-corrected chi connectivity index (χ4v) is 3.90. The van der Waals surface area contributed by atoms with Crippen LogP contribution in [0.15, 0.2) is 84.1 Å². The highest BCUT2D eigenvalue weighted by Gasteiger charge is 2.14. The van der Waals surface area contributed by atoms with Gasteiger partial charge in [0.15, 0.2) is 5.82 Å². The van der Waals surface area contributed by atoms with E-state index in [1.165, 1.54) is 0 Å². The van der Waals surface area contributed by atoms with Crippen LogP contribution in [-0.4, -0.2) is 42.5 Å². The van der Waals surface area contributed by atoms with Crippen molar-refractivity contribution in [2.24, 2.45) is 0 Å². The van der Waals surface area contributed by atoms with Crippen molar-refractivity contribution in [2.45, 2.75) is 4.90 Å². The summed E-state index contributed by atoms with van der Waals surface area (Å²) in [6.45, 7) is 0. The van der Waals surface area contributed by atoms with Gasteiger partial charge in [-0.05, 0) is 54.6 Å². The van der Waals surface area contributed by atoms with Crippen LogP contribution in [0.3, 0.4) is 0 Å². The second-order valence-corrected chi connectivity index (χ2v) is 8.63. The summed E-state index contributed by atoms with van der Waals surface area (Å²) in [5.74, 6) is 0.594. The topological polar surface area (TPSA) is 105 Å². The first-order valence-electron chi connectivity index (χ1n) is 9.41. The number of nitrogens with zero attached hydrogens (tertiary/aromatic N) is 5. The SMILES string of the molecule is CN(C)c1cnnc(Nc2ccc(NS(=O)(=O)c3ccc(-n4cccn4)cc3)cc2)c1. The maximum Gasteiger partial charge on any atom is 0.261 e. The van der Waals surface area contributed by atoms with Gasteiger partial charge in [-0.1, -0.05) is 0 Å². The van der Waals surface area contributed by atoms with Gasteiger partial charge in [0.25, 0.3) is 10.0 Å². The summed E-state index contributed by atoms with van der Waals surface area (Å²) in [4.78, 5) is 2.10. The molecule has 2 aromatic heterocycles. The number of rotatable bonds is 7. The molecule has 0 bridgehead atoms. The van der Waals surface area contributed by atoms with E-state index in [-0.39, 0.29) is 4.90 Å². The molecule has 0 atom stereocenters. The third-order valence-electron chi connectivity index (χ3n) is 4.48. The standard InChI is InChI=1S/C21H21N7O2S/c1-27(2)19-14-21(25-22-15-19)24-16-4-6-17(7-5-16)26-31(29,30)20-10-8-18(9-11-20)28-13-3-12-23-28/h3-15,26H,1-2H3,(H,24,25). The number of hydrogen-bond acceptors (Lipinski definition) is 7. The molecule has 0 radical (unpaired) electrons. The van der Waals surface area contributed by atoms with Crippen molar-refractivity contribution < 1.29 is 8.42 Å². The van der Waals surface area contributed by atoms with Crippen molar-refractivity contribution in [1.82, 2.24) is 20.0 Å². The lowest BCUT2D eigenvalue weighted by Crippen LogP contribution is -2.13. The van der Waals surface area contributed by atoms with E-state index in [1.807, 2.05) is 25.1 Å². The lowest BCUT2D eigenvalue weighted by atomic mass is 10.3. The molecule has 0 aliphatic rings. The maximum absolute atomic E-state index is 12.7. The summed E-state index contributed by atoms with van der Waals surface area (Å²) < 4.78 is 29.7. The fraction of sp³-hybridized carbons (Fsp3) is 0.0952. The van der Waals surface area contributed by atoms with Crippen LogP contribution in [0.4, 0.5) is 22.9 Å². The number of benzene rings is 2. The third-order valence-corrected chi connectivity index (χ3v) is 5.88. The molecule has 0 unspecified atom stereocenters. The van der Waals surface area contributed by atoms with Gasteiger partial charge in [0.05, 0.1) is 22.5 Å². The molecule has 0 aliphatic carbocycles. The van der Waals surface area contributed by atoms with E-state index in [0.29, 0.717) is 11.5 Å². The Morgan fingerprint density at radius 3 is 2.32 bits per heavy atom. The van der Waals surface area contributed by atoms with Gasteiger partial charge in [-0.15, -0.1) is 5.10 Å². The van der Waals surface area contributed by atoms with Crippen LogP contribution in [0.5, 0.6) is 0 Å². The summed E-state index contributed by atoms with van der Waals surface area (Å²) in [5, 5.41) is 15.3. The van der Waals surface area contributed by atoms with Crippen molar-refractivity contribution >= 4 is 32.9 Å². The average molecular weight is 436 g/mol. The summed E-state index contributed by atoms with van der Waals surface area (Å²) >= 11 is 0. The highest BCUT2D eigenvalue weighted by Crippen LogP contribution is 2.22. The Hall–Kier alpha value is -3.92. The molecule has 4 rings (SSSR count). The largest absolute Gasteiger partial charge is 0.376 e. The van der Waals surface area contributed by atoms with Gasteiger partial charge in [-0.25, -0.2) is 13.1 Å².